The number of hydrogen-bond donors (Lipinski definition) is 0. The number of rotatable bonds is 8. The molecule has 5 rings (SSSR count). The maximum Gasteiger partial charge on any atom is 0.139 e. The smallest absolute Gasteiger partial charge is 0.139 e. The lowest BCUT2D eigenvalue weighted by molar-refractivity contribution is 0.0870. The summed E-state index contributed by atoms with van der Waals surface area (Å²) in [6.45, 7) is 14.3. The van der Waals surface area contributed by atoms with Crippen molar-refractivity contribution in [2.75, 3.05) is 19.7 Å². The van der Waals surface area contributed by atoms with Crippen LogP contribution in [0.5, 0.6) is 0 Å². The molecule has 1 aromatic carbocycles. The molecule has 2 aromatic rings. The number of ether oxygens (including phenoxy) is 1. The summed E-state index contributed by atoms with van der Waals surface area (Å²) >= 11 is 0. The number of aromatic nitrogens is 1. The van der Waals surface area contributed by atoms with Crippen molar-refractivity contribution in [3.05, 3.63) is 66.0 Å². The lowest BCUT2D eigenvalue weighted by atomic mass is 9.79. The van der Waals surface area contributed by atoms with Crippen LogP contribution in [0.4, 0.5) is 5.82 Å². The molecule has 0 spiro atoms. The van der Waals surface area contributed by atoms with E-state index in [2.05, 4.69) is 102 Å². The van der Waals surface area contributed by atoms with E-state index in [0.29, 0.717) is 18.8 Å². The Morgan fingerprint density at radius 1 is 1.09 bits per heavy atom. The van der Waals surface area contributed by atoms with E-state index in [9.17, 15) is 0 Å². The van der Waals surface area contributed by atoms with E-state index in [-0.39, 0.29) is 5.41 Å². The van der Waals surface area contributed by atoms with Crippen molar-refractivity contribution in [2.45, 2.75) is 70.8 Å². The highest BCUT2D eigenvalue weighted by Gasteiger charge is 2.46. The summed E-state index contributed by atoms with van der Waals surface area (Å²) in [5.74, 6) is 1.07. The minimum atomic E-state index is -1.07. The average Bonchev–Trinajstić information content (AvgIpc) is 3.38. The van der Waals surface area contributed by atoms with E-state index in [1.165, 1.54) is 30.0 Å². The Morgan fingerprint density at radius 2 is 1.85 bits per heavy atom. The summed E-state index contributed by atoms with van der Waals surface area (Å²) in [5, 5.41) is 0. The van der Waals surface area contributed by atoms with Gasteiger partial charge in [0.15, 0.2) is 0 Å². The van der Waals surface area contributed by atoms with Crippen molar-refractivity contribution in [3.63, 3.8) is 0 Å². The largest absolute Gasteiger partial charge is 0.366 e. The molecule has 5 nitrogen and oxygen atoms in total. The third kappa shape index (κ3) is 4.95. The Balaban J connectivity index is 1.24. The van der Waals surface area contributed by atoms with Crippen LogP contribution in [0.15, 0.2) is 59.9 Å². The molecule has 3 aliphatic heterocycles. The molecule has 6 heteroatoms. The Labute approximate surface area is 206 Å². The van der Waals surface area contributed by atoms with Crippen LogP contribution in [0.2, 0.25) is 25.7 Å². The van der Waals surface area contributed by atoms with E-state index in [1.807, 2.05) is 0 Å². The molecule has 1 fully saturated rings. The Bertz CT molecular complexity index is 1030. The maximum atomic E-state index is 6.05. The van der Waals surface area contributed by atoms with E-state index in [4.69, 9.17) is 9.73 Å². The number of likely N-dealkylation sites (tertiary alicyclic amines) is 1. The summed E-state index contributed by atoms with van der Waals surface area (Å²) in [6, 6.07) is 15.2. The molecule has 3 aliphatic rings. The topological polar surface area (TPSA) is 33.0 Å². The highest BCUT2D eigenvalue weighted by atomic mass is 28.3. The first-order chi connectivity index (χ1) is 16.3. The normalized spacial score (nSPS) is 25.1. The van der Waals surface area contributed by atoms with Crippen LogP contribution in [0, 0.1) is 5.41 Å². The van der Waals surface area contributed by atoms with Crippen LogP contribution in [0.25, 0.3) is 0 Å². The van der Waals surface area contributed by atoms with Crippen molar-refractivity contribution in [1.82, 2.24) is 14.4 Å². The van der Waals surface area contributed by atoms with Gasteiger partial charge in [0.1, 0.15) is 12.5 Å². The number of piperidine rings is 1. The fourth-order valence-electron chi connectivity index (χ4n) is 5.59. The van der Waals surface area contributed by atoms with E-state index in [0.717, 1.165) is 32.1 Å². The number of benzene rings is 1. The van der Waals surface area contributed by atoms with Crippen LogP contribution < -0.4 is 0 Å². The lowest BCUT2D eigenvalue weighted by Crippen LogP contribution is -2.45. The van der Waals surface area contributed by atoms with Crippen LogP contribution >= 0.6 is 0 Å². The lowest BCUT2D eigenvalue weighted by Gasteiger charge is -2.44. The Hall–Kier alpha value is -2.15. The third-order valence-corrected chi connectivity index (χ3v) is 9.38. The van der Waals surface area contributed by atoms with Crippen molar-refractivity contribution in [2.24, 2.45) is 10.4 Å². The van der Waals surface area contributed by atoms with Crippen LogP contribution in [0.1, 0.15) is 36.9 Å². The van der Waals surface area contributed by atoms with Gasteiger partial charge in [0.2, 0.25) is 0 Å². The highest BCUT2D eigenvalue weighted by molar-refractivity contribution is 6.76. The van der Waals surface area contributed by atoms with E-state index in [1.54, 1.807) is 0 Å². The van der Waals surface area contributed by atoms with Gasteiger partial charge >= 0.3 is 0 Å². The molecule has 0 amide bonds. The number of nitrogens with zero attached hydrogens (tertiary/aromatic N) is 4. The molecule has 4 heterocycles. The van der Waals surface area contributed by atoms with Gasteiger partial charge in [0.25, 0.3) is 0 Å². The highest BCUT2D eigenvalue weighted by Crippen LogP contribution is 2.51. The minimum absolute atomic E-state index is 0.0426. The number of aliphatic imine (C=N–C) groups is 1. The second kappa shape index (κ2) is 9.48. The Morgan fingerprint density at radius 3 is 2.59 bits per heavy atom. The summed E-state index contributed by atoms with van der Waals surface area (Å²) in [7, 11) is -1.07. The predicted molar refractivity (Wildman–Crippen MR) is 143 cm³/mol. The summed E-state index contributed by atoms with van der Waals surface area (Å²) in [6.07, 6.45) is 11.5. The van der Waals surface area contributed by atoms with Crippen molar-refractivity contribution in [3.8, 4) is 0 Å². The van der Waals surface area contributed by atoms with Crippen LogP contribution in [-0.2, 0) is 18.0 Å². The first-order valence-electron chi connectivity index (χ1n) is 12.9. The first-order valence-corrected chi connectivity index (χ1v) is 16.6. The molecule has 0 saturated carbocycles. The molecular formula is C28H40N4OSi. The van der Waals surface area contributed by atoms with E-state index >= 15 is 0 Å². The van der Waals surface area contributed by atoms with Gasteiger partial charge in [-0.1, -0.05) is 56.0 Å². The third-order valence-electron chi connectivity index (χ3n) is 7.67. The SMILES string of the molecule is CC12C=CN(C3CCN(Cc4ccccc4)CC3)C1c1ccn(COCC[Si](C)(C)C)c1N=C2. The van der Waals surface area contributed by atoms with Gasteiger partial charge < -0.3 is 14.2 Å². The molecule has 34 heavy (non-hydrogen) atoms. The standard InChI is InChI=1S/C28H40N4OSi/c1-28-13-17-32(24-10-14-30(15-11-24)20-23-8-6-5-7-9-23)26(28)25-12-16-31(27(25)29-21-28)22-33-18-19-34(2,3)4/h5-9,12-13,16-17,21,24,26H,10-11,14-15,18-20,22H2,1-4H3. The average molecular weight is 477 g/mol. The van der Waals surface area contributed by atoms with Gasteiger partial charge in [-0.05, 0) is 43.6 Å². The molecule has 2 unspecified atom stereocenters. The summed E-state index contributed by atoms with van der Waals surface area (Å²) in [4.78, 5) is 10.2. The van der Waals surface area contributed by atoms with Gasteiger partial charge in [-0.15, -0.1) is 0 Å². The summed E-state index contributed by atoms with van der Waals surface area (Å²) < 4.78 is 8.24. The quantitative estimate of drug-likeness (QED) is 0.343. The van der Waals surface area contributed by atoms with Crippen LogP contribution in [0.3, 0.4) is 0 Å². The molecule has 0 aliphatic carbocycles. The molecule has 2 atom stereocenters. The monoisotopic (exact) mass is 476 g/mol. The zero-order chi connectivity index (χ0) is 23.8. The zero-order valence-corrected chi connectivity index (χ0v) is 22.3. The molecular weight excluding hydrogens is 436 g/mol. The van der Waals surface area contributed by atoms with Crippen molar-refractivity contribution >= 4 is 20.1 Å². The fourth-order valence-corrected chi connectivity index (χ4v) is 6.35. The Kier molecular flexibility index (Phi) is 6.57. The number of hydrogen-bond acceptors (Lipinski definition) is 4. The minimum Gasteiger partial charge on any atom is -0.366 e. The molecule has 1 saturated heterocycles. The fraction of sp³-hybridized carbons (Fsp3) is 0.536. The van der Waals surface area contributed by atoms with Crippen molar-refractivity contribution < 1.29 is 4.74 Å². The maximum absolute atomic E-state index is 6.05. The van der Waals surface area contributed by atoms with Crippen LogP contribution in [-0.4, -0.2) is 54.4 Å². The van der Waals surface area contributed by atoms with Gasteiger partial charge in [-0.25, -0.2) is 4.99 Å². The van der Waals surface area contributed by atoms with Gasteiger partial charge in [0, 0.05) is 63.7 Å². The zero-order valence-electron chi connectivity index (χ0n) is 21.3. The number of fused-ring (bicyclic) bond motifs is 3. The van der Waals surface area contributed by atoms with Gasteiger partial charge in [-0.2, -0.15) is 0 Å². The van der Waals surface area contributed by atoms with Gasteiger partial charge in [-0.3, -0.25) is 4.90 Å². The second-order valence-electron chi connectivity index (χ2n) is 11.7. The molecule has 1 aromatic heterocycles. The summed E-state index contributed by atoms with van der Waals surface area (Å²) in [5.41, 5.74) is 2.71. The van der Waals surface area contributed by atoms with Gasteiger partial charge in [0.05, 0.1) is 6.04 Å². The van der Waals surface area contributed by atoms with E-state index < -0.39 is 8.07 Å². The predicted octanol–water partition coefficient (Wildman–Crippen LogP) is 6.06. The molecule has 0 radical (unpaired) electrons. The molecule has 182 valence electrons. The first kappa shape index (κ1) is 23.6. The molecule has 0 N–H and O–H groups in total. The van der Waals surface area contributed by atoms with Crippen molar-refractivity contribution in [1.29, 1.82) is 0 Å². The molecule has 0 bridgehead atoms. The second-order valence-corrected chi connectivity index (χ2v) is 17.3.